The van der Waals surface area contributed by atoms with Gasteiger partial charge in [0.05, 0.1) is 21.6 Å². The summed E-state index contributed by atoms with van der Waals surface area (Å²) in [6.45, 7) is 0. The predicted molar refractivity (Wildman–Crippen MR) is 83.5 cm³/mol. The molecule has 0 N–H and O–H groups in total. The standard InChI is InChI=1S/C13H7Cl4N3/c14-5-12-19-10-3-8(16)6-18-13(10)20(12)11-4-7(15)1-2-9(11)17/h1-4,6H,5H2. The molecule has 3 aromatic rings. The fraction of sp³-hybridized carbons (Fsp3) is 0.0769. The summed E-state index contributed by atoms with van der Waals surface area (Å²) in [7, 11) is 0. The number of nitrogens with zero attached hydrogens (tertiary/aromatic N) is 3. The summed E-state index contributed by atoms with van der Waals surface area (Å²) in [6.07, 6.45) is 1.55. The molecule has 102 valence electrons. The van der Waals surface area contributed by atoms with Gasteiger partial charge < -0.3 is 0 Å². The average molecular weight is 347 g/mol. The minimum absolute atomic E-state index is 0.219. The Labute approximate surface area is 135 Å². The lowest BCUT2D eigenvalue weighted by Crippen LogP contribution is -2.01. The molecule has 1 aromatic carbocycles. The Morgan fingerprint density at radius 3 is 2.60 bits per heavy atom. The molecule has 0 aliphatic heterocycles. The number of rotatable bonds is 2. The van der Waals surface area contributed by atoms with Crippen molar-refractivity contribution in [3.63, 3.8) is 0 Å². The second kappa shape index (κ2) is 5.41. The molecule has 0 unspecified atom stereocenters. The fourth-order valence-corrected chi connectivity index (χ4v) is 2.69. The van der Waals surface area contributed by atoms with E-state index in [1.54, 1.807) is 35.0 Å². The van der Waals surface area contributed by atoms with Crippen LogP contribution < -0.4 is 0 Å². The van der Waals surface area contributed by atoms with Crippen LogP contribution in [0.4, 0.5) is 0 Å². The minimum atomic E-state index is 0.219. The lowest BCUT2D eigenvalue weighted by Gasteiger charge is -2.09. The lowest BCUT2D eigenvalue weighted by molar-refractivity contribution is 0.970. The maximum absolute atomic E-state index is 6.24. The molecule has 0 saturated heterocycles. The Hall–Kier alpha value is -1.000. The molecule has 0 atom stereocenters. The number of hydrogen-bond acceptors (Lipinski definition) is 2. The Kier molecular flexibility index (Phi) is 3.78. The van der Waals surface area contributed by atoms with Crippen molar-refractivity contribution in [3.8, 4) is 5.69 Å². The van der Waals surface area contributed by atoms with Crippen LogP contribution in [0, 0.1) is 0 Å². The third-order valence-electron chi connectivity index (χ3n) is 2.80. The Morgan fingerprint density at radius 2 is 1.85 bits per heavy atom. The van der Waals surface area contributed by atoms with Crippen molar-refractivity contribution in [1.29, 1.82) is 0 Å². The molecule has 0 amide bonds. The molecule has 0 aliphatic carbocycles. The third kappa shape index (κ3) is 2.35. The van der Waals surface area contributed by atoms with Gasteiger partial charge in [-0.25, -0.2) is 9.97 Å². The van der Waals surface area contributed by atoms with Crippen LogP contribution in [-0.2, 0) is 5.88 Å². The van der Waals surface area contributed by atoms with E-state index in [4.69, 9.17) is 46.4 Å². The second-order valence-electron chi connectivity index (χ2n) is 4.09. The molecule has 2 aromatic heterocycles. The van der Waals surface area contributed by atoms with Crippen LogP contribution in [0.15, 0.2) is 30.5 Å². The van der Waals surface area contributed by atoms with E-state index in [1.807, 2.05) is 0 Å². The van der Waals surface area contributed by atoms with Crippen LogP contribution in [0.3, 0.4) is 0 Å². The van der Waals surface area contributed by atoms with Gasteiger partial charge in [0, 0.05) is 11.2 Å². The first-order valence-electron chi connectivity index (χ1n) is 5.64. The van der Waals surface area contributed by atoms with Crippen molar-refractivity contribution < 1.29 is 0 Å². The zero-order valence-corrected chi connectivity index (χ0v) is 13.0. The monoisotopic (exact) mass is 345 g/mol. The fourth-order valence-electron chi connectivity index (χ4n) is 1.99. The molecule has 0 spiro atoms. The lowest BCUT2D eigenvalue weighted by atomic mass is 10.3. The molecule has 0 fully saturated rings. The molecule has 0 radical (unpaired) electrons. The van der Waals surface area contributed by atoms with Crippen LogP contribution in [-0.4, -0.2) is 14.5 Å². The number of benzene rings is 1. The minimum Gasteiger partial charge on any atom is -0.278 e. The van der Waals surface area contributed by atoms with Crippen molar-refractivity contribution in [1.82, 2.24) is 14.5 Å². The van der Waals surface area contributed by atoms with Crippen LogP contribution in [0.5, 0.6) is 0 Å². The maximum atomic E-state index is 6.24. The number of imidazole rings is 1. The summed E-state index contributed by atoms with van der Waals surface area (Å²) in [6, 6.07) is 6.92. The zero-order valence-electron chi connectivity index (χ0n) is 9.95. The number of halogens is 4. The topological polar surface area (TPSA) is 30.7 Å². The van der Waals surface area contributed by atoms with Gasteiger partial charge in [-0.3, -0.25) is 4.57 Å². The molecule has 3 nitrogen and oxygen atoms in total. The van der Waals surface area contributed by atoms with Crippen molar-refractivity contribution in [2.24, 2.45) is 0 Å². The van der Waals surface area contributed by atoms with Crippen molar-refractivity contribution >= 4 is 57.6 Å². The van der Waals surface area contributed by atoms with Gasteiger partial charge in [0.15, 0.2) is 5.65 Å². The second-order valence-corrected chi connectivity index (χ2v) is 5.64. The normalized spacial score (nSPS) is 11.2. The Morgan fingerprint density at radius 1 is 1.05 bits per heavy atom. The van der Waals surface area contributed by atoms with Crippen LogP contribution in [0.1, 0.15) is 5.82 Å². The molecular weight excluding hydrogens is 340 g/mol. The van der Waals surface area contributed by atoms with E-state index in [2.05, 4.69) is 9.97 Å². The Bertz CT molecular complexity index is 798. The van der Waals surface area contributed by atoms with Gasteiger partial charge >= 0.3 is 0 Å². The summed E-state index contributed by atoms with van der Waals surface area (Å²) in [5.41, 5.74) is 1.98. The van der Waals surface area contributed by atoms with E-state index in [9.17, 15) is 0 Å². The smallest absolute Gasteiger partial charge is 0.164 e. The van der Waals surface area contributed by atoms with Gasteiger partial charge in [-0.05, 0) is 24.3 Å². The number of alkyl halides is 1. The molecule has 0 saturated carbocycles. The summed E-state index contributed by atoms with van der Waals surface area (Å²) in [5, 5.41) is 1.62. The summed E-state index contributed by atoms with van der Waals surface area (Å²) in [4.78, 5) is 8.73. The van der Waals surface area contributed by atoms with Crippen LogP contribution >= 0.6 is 46.4 Å². The van der Waals surface area contributed by atoms with E-state index < -0.39 is 0 Å². The molecule has 2 heterocycles. The van der Waals surface area contributed by atoms with E-state index in [0.717, 1.165) is 0 Å². The van der Waals surface area contributed by atoms with Gasteiger partial charge in [0.2, 0.25) is 0 Å². The van der Waals surface area contributed by atoms with Crippen molar-refractivity contribution in [3.05, 3.63) is 51.4 Å². The Balaban J connectivity index is 2.37. The largest absolute Gasteiger partial charge is 0.278 e. The highest BCUT2D eigenvalue weighted by Gasteiger charge is 2.15. The first kappa shape index (κ1) is 14.0. The van der Waals surface area contributed by atoms with E-state index >= 15 is 0 Å². The third-order valence-corrected chi connectivity index (χ3v) is 3.80. The van der Waals surface area contributed by atoms with Gasteiger partial charge in [0.25, 0.3) is 0 Å². The first-order valence-corrected chi connectivity index (χ1v) is 7.31. The first-order chi connectivity index (χ1) is 9.60. The quantitative estimate of drug-likeness (QED) is 0.603. The van der Waals surface area contributed by atoms with E-state index in [1.165, 1.54) is 0 Å². The molecule has 0 bridgehead atoms. The maximum Gasteiger partial charge on any atom is 0.164 e. The number of aromatic nitrogens is 3. The van der Waals surface area contributed by atoms with E-state index in [0.29, 0.717) is 37.7 Å². The van der Waals surface area contributed by atoms with Gasteiger partial charge in [-0.1, -0.05) is 34.8 Å². The molecule has 0 aliphatic rings. The summed E-state index contributed by atoms with van der Waals surface area (Å²) >= 11 is 24.2. The highest BCUT2D eigenvalue weighted by atomic mass is 35.5. The highest BCUT2D eigenvalue weighted by Crippen LogP contribution is 2.29. The molecule has 7 heteroatoms. The molecular formula is C13H7Cl4N3. The SMILES string of the molecule is ClCc1nc2cc(Cl)cnc2n1-c1cc(Cl)ccc1Cl. The van der Waals surface area contributed by atoms with E-state index in [-0.39, 0.29) is 5.88 Å². The number of hydrogen-bond donors (Lipinski definition) is 0. The van der Waals surface area contributed by atoms with Gasteiger partial charge in [0.1, 0.15) is 11.3 Å². The predicted octanol–water partition coefficient (Wildman–Crippen LogP) is 5.12. The zero-order chi connectivity index (χ0) is 14.3. The van der Waals surface area contributed by atoms with Gasteiger partial charge in [-0.15, -0.1) is 11.6 Å². The van der Waals surface area contributed by atoms with Crippen LogP contribution in [0.25, 0.3) is 16.9 Å². The van der Waals surface area contributed by atoms with Crippen LogP contribution in [0.2, 0.25) is 15.1 Å². The average Bonchev–Trinajstić information content (AvgIpc) is 2.78. The van der Waals surface area contributed by atoms with Crippen molar-refractivity contribution in [2.75, 3.05) is 0 Å². The summed E-state index contributed by atoms with van der Waals surface area (Å²) < 4.78 is 1.78. The number of pyridine rings is 1. The van der Waals surface area contributed by atoms with Gasteiger partial charge in [-0.2, -0.15) is 0 Å². The molecule has 3 rings (SSSR count). The highest BCUT2D eigenvalue weighted by molar-refractivity contribution is 6.34. The summed E-state index contributed by atoms with van der Waals surface area (Å²) in [5.74, 6) is 0.845. The molecule has 20 heavy (non-hydrogen) atoms. The van der Waals surface area contributed by atoms with Crippen molar-refractivity contribution in [2.45, 2.75) is 5.88 Å². The number of fused-ring (bicyclic) bond motifs is 1.